The van der Waals surface area contributed by atoms with E-state index in [2.05, 4.69) is 5.32 Å². The van der Waals surface area contributed by atoms with Crippen molar-refractivity contribution in [3.8, 4) is 0 Å². The van der Waals surface area contributed by atoms with Crippen molar-refractivity contribution >= 4 is 15.9 Å². The average Bonchev–Trinajstić information content (AvgIpc) is 2.64. The fraction of sp³-hybridized carbons (Fsp3) is 0.500. The summed E-state index contributed by atoms with van der Waals surface area (Å²) in [5.41, 5.74) is 0. The van der Waals surface area contributed by atoms with Crippen LogP contribution in [0.2, 0.25) is 0 Å². The van der Waals surface area contributed by atoms with Crippen molar-refractivity contribution in [1.82, 2.24) is 5.32 Å². The third kappa shape index (κ3) is 5.43. The summed E-state index contributed by atoms with van der Waals surface area (Å²) in [5.74, 6) is 0.0109. The molecular formula is C8H13N3O5S. The van der Waals surface area contributed by atoms with Gasteiger partial charge in [0, 0.05) is 0 Å². The third-order valence-corrected chi connectivity index (χ3v) is 2.77. The van der Waals surface area contributed by atoms with Crippen molar-refractivity contribution in [2.75, 3.05) is 12.3 Å². The monoisotopic (exact) mass is 263 g/mol. The number of nitrogens with two attached hydrogens (primary N) is 1. The van der Waals surface area contributed by atoms with Gasteiger partial charge in [0.15, 0.2) is 0 Å². The molecule has 0 aliphatic carbocycles. The Morgan fingerprint density at radius 3 is 2.71 bits per heavy atom. The van der Waals surface area contributed by atoms with E-state index in [0.29, 0.717) is 25.3 Å². The molecule has 0 fully saturated rings. The van der Waals surface area contributed by atoms with Crippen molar-refractivity contribution < 1.29 is 17.8 Å². The van der Waals surface area contributed by atoms with E-state index in [9.17, 15) is 18.5 Å². The van der Waals surface area contributed by atoms with Gasteiger partial charge in [-0.25, -0.2) is 13.6 Å². The summed E-state index contributed by atoms with van der Waals surface area (Å²) < 4.78 is 26.1. The Bertz CT molecular complexity index is 481. The molecule has 0 aliphatic heterocycles. The summed E-state index contributed by atoms with van der Waals surface area (Å²) >= 11 is 0. The van der Waals surface area contributed by atoms with Crippen molar-refractivity contribution in [2.45, 2.75) is 13.0 Å². The number of primary sulfonamides is 1. The van der Waals surface area contributed by atoms with Gasteiger partial charge < -0.3 is 9.73 Å². The minimum atomic E-state index is -3.43. The molecular weight excluding hydrogens is 250 g/mol. The molecule has 0 aliphatic rings. The molecule has 0 amide bonds. The van der Waals surface area contributed by atoms with Crippen LogP contribution in [0, 0.1) is 10.1 Å². The average molecular weight is 263 g/mol. The maximum atomic E-state index is 10.6. The predicted octanol–water partition coefficient (Wildman–Crippen LogP) is -0.0440. The minimum absolute atomic E-state index is 0.0989. The van der Waals surface area contributed by atoms with Crippen LogP contribution in [0.4, 0.5) is 5.88 Å². The molecule has 0 spiro atoms. The Balaban J connectivity index is 2.24. The molecule has 0 saturated heterocycles. The van der Waals surface area contributed by atoms with Gasteiger partial charge in [-0.3, -0.25) is 10.1 Å². The first kappa shape index (κ1) is 13.6. The van der Waals surface area contributed by atoms with E-state index in [1.807, 2.05) is 0 Å². The lowest BCUT2D eigenvalue weighted by molar-refractivity contribution is -0.402. The number of rotatable bonds is 7. The Hall–Kier alpha value is -1.45. The van der Waals surface area contributed by atoms with E-state index in [-0.39, 0.29) is 11.6 Å². The van der Waals surface area contributed by atoms with E-state index in [0.717, 1.165) is 0 Å². The van der Waals surface area contributed by atoms with Gasteiger partial charge in [0.25, 0.3) is 0 Å². The molecule has 1 aromatic rings. The van der Waals surface area contributed by atoms with E-state index in [1.54, 1.807) is 0 Å². The van der Waals surface area contributed by atoms with Gasteiger partial charge in [-0.05, 0) is 19.0 Å². The second kappa shape index (κ2) is 5.75. The van der Waals surface area contributed by atoms with Gasteiger partial charge in [-0.1, -0.05) is 0 Å². The SMILES string of the molecule is NS(=O)(=O)CCCNCc1ccc([N+](=O)[O-])o1. The molecule has 0 unspecified atom stereocenters. The van der Waals surface area contributed by atoms with E-state index >= 15 is 0 Å². The van der Waals surface area contributed by atoms with Crippen LogP contribution >= 0.6 is 0 Å². The van der Waals surface area contributed by atoms with Gasteiger partial charge in [0.05, 0.1) is 18.4 Å². The van der Waals surface area contributed by atoms with Crippen molar-refractivity contribution in [1.29, 1.82) is 0 Å². The van der Waals surface area contributed by atoms with E-state index in [1.165, 1.54) is 12.1 Å². The maximum Gasteiger partial charge on any atom is 0.433 e. The molecule has 17 heavy (non-hydrogen) atoms. The Morgan fingerprint density at radius 1 is 1.47 bits per heavy atom. The van der Waals surface area contributed by atoms with Crippen LogP contribution in [0.1, 0.15) is 12.2 Å². The topological polar surface area (TPSA) is 128 Å². The summed E-state index contributed by atoms with van der Waals surface area (Å²) in [6.07, 6.45) is 0.377. The summed E-state index contributed by atoms with van der Waals surface area (Å²) in [7, 11) is -3.43. The fourth-order valence-electron chi connectivity index (χ4n) is 1.17. The highest BCUT2D eigenvalue weighted by atomic mass is 32.2. The molecule has 0 bridgehead atoms. The van der Waals surface area contributed by atoms with Crippen LogP contribution in [0.15, 0.2) is 16.5 Å². The van der Waals surface area contributed by atoms with Crippen LogP contribution in [0.3, 0.4) is 0 Å². The molecule has 8 nitrogen and oxygen atoms in total. The Kier molecular flexibility index (Phi) is 4.61. The van der Waals surface area contributed by atoms with Gasteiger partial charge >= 0.3 is 5.88 Å². The number of sulfonamides is 1. The highest BCUT2D eigenvalue weighted by Crippen LogP contribution is 2.14. The van der Waals surface area contributed by atoms with Gasteiger partial charge in [-0.15, -0.1) is 0 Å². The number of hydrogen-bond acceptors (Lipinski definition) is 6. The molecule has 1 rings (SSSR count). The number of furan rings is 1. The second-order valence-electron chi connectivity index (χ2n) is 3.39. The lowest BCUT2D eigenvalue weighted by Gasteiger charge is -2.01. The van der Waals surface area contributed by atoms with Crippen LogP contribution in [-0.2, 0) is 16.6 Å². The highest BCUT2D eigenvalue weighted by Gasteiger charge is 2.11. The van der Waals surface area contributed by atoms with Crippen molar-refractivity contribution in [3.63, 3.8) is 0 Å². The maximum absolute atomic E-state index is 10.6. The lowest BCUT2D eigenvalue weighted by Crippen LogP contribution is -2.21. The smallest absolute Gasteiger partial charge is 0.404 e. The molecule has 3 N–H and O–H groups in total. The van der Waals surface area contributed by atoms with Crippen LogP contribution < -0.4 is 10.5 Å². The third-order valence-electron chi connectivity index (χ3n) is 1.91. The van der Waals surface area contributed by atoms with Crippen molar-refractivity contribution in [2.24, 2.45) is 5.14 Å². The van der Waals surface area contributed by atoms with Crippen molar-refractivity contribution in [3.05, 3.63) is 28.0 Å². The fourth-order valence-corrected chi connectivity index (χ4v) is 1.72. The Morgan fingerprint density at radius 2 is 2.18 bits per heavy atom. The van der Waals surface area contributed by atoms with Crippen LogP contribution in [0.25, 0.3) is 0 Å². The van der Waals surface area contributed by atoms with Crippen LogP contribution in [-0.4, -0.2) is 25.6 Å². The predicted molar refractivity (Wildman–Crippen MR) is 59.7 cm³/mol. The Labute approximate surface area is 98.0 Å². The van der Waals surface area contributed by atoms with E-state index < -0.39 is 14.9 Å². The number of hydrogen-bond donors (Lipinski definition) is 2. The van der Waals surface area contributed by atoms with E-state index in [4.69, 9.17) is 9.56 Å². The summed E-state index contributed by atoms with van der Waals surface area (Å²) in [4.78, 5) is 9.69. The first-order valence-corrected chi connectivity index (χ1v) is 6.54. The van der Waals surface area contributed by atoms with Crippen LogP contribution in [0.5, 0.6) is 0 Å². The molecule has 0 atom stereocenters. The second-order valence-corrected chi connectivity index (χ2v) is 5.13. The quantitative estimate of drug-likeness (QED) is 0.403. The highest BCUT2D eigenvalue weighted by molar-refractivity contribution is 7.89. The number of nitrogens with one attached hydrogen (secondary N) is 1. The number of nitrogens with zero attached hydrogens (tertiary/aromatic N) is 1. The molecule has 9 heteroatoms. The minimum Gasteiger partial charge on any atom is -0.404 e. The van der Waals surface area contributed by atoms with Gasteiger partial charge in [0.2, 0.25) is 10.0 Å². The summed E-state index contributed by atoms with van der Waals surface area (Å²) in [6.45, 7) is 0.739. The standard InChI is InChI=1S/C8H13N3O5S/c9-17(14,15)5-1-4-10-6-7-2-3-8(16-7)11(12)13/h2-3,10H,1,4-6H2,(H2,9,14,15). The zero-order valence-electron chi connectivity index (χ0n) is 8.96. The number of nitro groups is 1. The normalized spacial score (nSPS) is 11.6. The first-order chi connectivity index (χ1) is 7.88. The molecule has 0 aromatic carbocycles. The summed E-state index contributed by atoms with van der Waals surface area (Å²) in [5, 5.41) is 18.0. The summed E-state index contributed by atoms with van der Waals surface area (Å²) in [6, 6.07) is 2.76. The van der Waals surface area contributed by atoms with Gasteiger partial charge in [0.1, 0.15) is 10.7 Å². The molecule has 1 heterocycles. The molecule has 1 aromatic heterocycles. The zero-order chi connectivity index (χ0) is 12.9. The first-order valence-electron chi connectivity index (χ1n) is 4.83. The molecule has 0 radical (unpaired) electrons. The zero-order valence-corrected chi connectivity index (χ0v) is 9.77. The van der Waals surface area contributed by atoms with Gasteiger partial charge in [-0.2, -0.15) is 0 Å². The lowest BCUT2D eigenvalue weighted by atomic mass is 10.4. The largest absolute Gasteiger partial charge is 0.433 e. The molecule has 0 saturated carbocycles. The molecule has 96 valence electrons.